The third-order valence-electron chi connectivity index (χ3n) is 6.83. The Morgan fingerprint density at radius 1 is 1.10 bits per heavy atom. The van der Waals surface area contributed by atoms with Gasteiger partial charge in [-0.1, -0.05) is 6.92 Å². The largest absolute Gasteiger partial charge is 0.384 e. The van der Waals surface area contributed by atoms with Crippen LogP contribution in [0.2, 0.25) is 0 Å². The predicted octanol–water partition coefficient (Wildman–Crippen LogP) is 0.681. The number of nitrogens with two attached hydrogens (primary N) is 1. The molecule has 0 aliphatic carbocycles. The molecular weight excluding hydrogens is 370 g/mol. The molecule has 29 heavy (non-hydrogen) atoms. The number of hydrogen-bond donors (Lipinski definition) is 1. The first-order chi connectivity index (χ1) is 13.7. The van der Waals surface area contributed by atoms with Crippen LogP contribution < -0.4 is 17.0 Å². The van der Waals surface area contributed by atoms with Crippen molar-refractivity contribution in [1.29, 1.82) is 0 Å². The van der Waals surface area contributed by atoms with Crippen LogP contribution in [0.15, 0.2) is 9.59 Å². The lowest BCUT2D eigenvalue weighted by Gasteiger charge is -2.39. The second-order valence-electron chi connectivity index (χ2n) is 8.99. The van der Waals surface area contributed by atoms with Gasteiger partial charge in [-0.3, -0.25) is 23.6 Å². The molecule has 2 atom stereocenters. The molecule has 3 rings (SSSR count). The molecule has 1 aromatic heterocycles. The topological polar surface area (TPSA) is 93.6 Å². The third kappa shape index (κ3) is 4.48. The zero-order valence-electron chi connectivity index (χ0n) is 18.2. The summed E-state index contributed by atoms with van der Waals surface area (Å²) in [6.07, 6.45) is 4.75. The fraction of sp³-hybridized carbons (Fsp3) is 0.762. The van der Waals surface area contributed by atoms with Crippen LogP contribution in [0.4, 0.5) is 5.82 Å². The fourth-order valence-electron chi connectivity index (χ4n) is 4.67. The summed E-state index contributed by atoms with van der Waals surface area (Å²) in [5.41, 5.74) is 4.78. The van der Waals surface area contributed by atoms with Gasteiger partial charge in [-0.05, 0) is 64.1 Å². The van der Waals surface area contributed by atoms with Crippen molar-refractivity contribution in [2.75, 3.05) is 38.5 Å². The first-order valence-electron chi connectivity index (χ1n) is 10.8. The van der Waals surface area contributed by atoms with E-state index >= 15 is 0 Å². The standard InChI is InChI=1S/C21H35N5O3/c1-14-7-10-25(11-8-14)12-16-6-5-9-26(13-16)15(2)18(27)17-19(22)23(3)21(29)24(4)20(17)28/h14-16H,5-13,22H2,1-4H3. The SMILES string of the molecule is CC1CCN(CC2CCCN(C(C)C(=O)c3c(N)n(C)c(=O)n(C)c3=O)C2)CC1. The number of ketones is 1. The molecule has 8 heteroatoms. The Balaban J connectivity index is 1.71. The Labute approximate surface area is 172 Å². The lowest BCUT2D eigenvalue weighted by Crippen LogP contribution is -2.50. The lowest BCUT2D eigenvalue weighted by atomic mass is 9.93. The van der Waals surface area contributed by atoms with E-state index in [1.165, 1.54) is 33.4 Å². The van der Waals surface area contributed by atoms with E-state index in [1.54, 1.807) is 0 Å². The minimum atomic E-state index is -0.613. The highest BCUT2D eigenvalue weighted by Gasteiger charge is 2.32. The number of anilines is 1. The van der Waals surface area contributed by atoms with Gasteiger partial charge in [0.15, 0.2) is 5.78 Å². The number of carbonyl (C=O) groups excluding carboxylic acids is 1. The van der Waals surface area contributed by atoms with Gasteiger partial charge in [0.25, 0.3) is 5.56 Å². The molecule has 1 aromatic rings. The molecule has 2 aliphatic heterocycles. The number of nitrogens with zero attached hydrogens (tertiary/aromatic N) is 4. The Morgan fingerprint density at radius 2 is 1.76 bits per heavy atom. The van der Waals surface area contributed by atoms with Crippen molar-refractivity contribution >= 4 is 11.6 Å². The molecule has 0 aromatic carbocycles. The van der Waals surface area contributed by atoms with E-state index in [1.807, 2.05) is 6.92 Å². The average Bonchev–Trinajstić information content (AvgIpc) is 2.72. The van der Waals surface area contributed by atoms with Gasteiger partial charge >= 0.3 is 5.69 Å². The maximum atomic E-state index is 13.2. The molecule has 0 saturated carbocycles. The van der Waals surface area contributed by atoms with E-state index in [2.05, 4.69) is 16.7 Å². The number of rotatable bonds is 5. The average molecular weight is 406 g/mol. The highest BCUT2D eigenvalue weighted by atomic mass is 16.2. The summed E-state index contributed by atoms with van der Waals surface area (Å²) in [6, 6.07) is -0.438. The molecule has 0 spiro atoms. The number of piperidine rings is 2. The summed E-state index contributed by atoms with van der Waals surface area (Å²) in [7, 11) is 2.86. The number of hydrogen-bond acceptors (Lipinski definition) is 6. The number of aromatic nitrogens is 2. The minimum absolute atomic E-state index is 0.0501. The summed E-state index contributed by atoms with van der Waals surface area (Å²) in [5.74, 6) is 1.01. The second-order valence-corrected chi connectivity index (χ2v) is 8.99. The third-order valence-corrected chi connectivity index (χ3v) is 6.83. The van der Waals surface area contributed by atoms with E-state index < -0.39 is 17.3 Å². The molecule has 0 bridgehead atoms. The number of Topliss-reactive ketones (excluding diaryl/α,β-unsaturated/α-hetero) is 1. The second kappa shape index (κ2) is 8.83. The van der Waals surface area contributed by atoms with E-state index in [0.717, 1.165) is 54.2 Å². The van der Waals surface area contributed by atoms with Gasteiger partial charge in [0.05, 0.1) is 6.04 Å². The highest BCUT2D eigenvalue weighted by molar-refractivity contribution is 6.03. The molecule has 2 N–H and O–H groups in total. The molecular formula is C21H35N5O3. The Hall–Kier alpha value is -1.93. The molecule has 162 valence electrons. The van der Waals surface area contributed by atoms with Crippen molar-refractivity contribution in [3.63, 3.8) is 0 Å². The highest BCUT2D eigenvalue weighted by Crippen LogP contribution is 2.24. The van der Waals surface area contributed by atoms with Crippen LogP contribution in [-0.2, 0) is 14.1 Å². The van der Waals surface area contributed by atoms with Crippen molar-refractivity contribution in [2.45, 2.75) is 45.6 Å². The van der Waals surface area contributed by atoms with Gasteiger partial charge in [0, 0.05) is 27.2 Å². The maximum Gasteiger partial charge on any atom is 0.332 e. The number of carbonyl (C=O) groups is 1. The monoisotopic (exact) mass is 405 g/mol. The smallest absolute Gasteiger partial charge is 0.332 e. The van der Waals surface area contributed by atoms with Crippen LogP contribution >= 0.6 is 0 Å². The Bertz CT molecular complexity index is 866. The van der Waals surface area contributed by atoms with Crippen molar-refractivity contribution in [2.24, 2.45) is 25.9 Å². The van der Waals surface area contributed by atoms with Crippen molar-refractivity contribution in [3.8, 4) is 0 Å². The van der Waals surface area contributed by atoms with Gasteiger partial charge in [-0.2, -0.15) is 0 Å². The predicted molar refractivity (Wildman–Crippen MR) is 114 cm³/mol. The van der Waals surface area contributed by atoms with E-state index in [0.29, 0.717) is 5.92 Å². The summed E-state index contributed by atoms with van der Waals surface area (Å²) in [4.78, 5) is 42.5. The van der Waals surface area contributed by atoms with Gasteiger partial charge in [-0.15, -0.1) is 0 Å². The van der Waals surface area contributed by atoms with E-state index in [9.17, 15) is 14.4 Å². The summed E-state index contributed by atoms with van der Waals surface area (Å²) in [5, 5.41) is 0. The Kier molecular flexibility index (Phi) is 6.63. The fourth-order valence-corrected chi connectivity index (χ4v) is 4.67. The van der Waals surface area contributed by atoms with Crippen molar-refractivity contribution in [3.05, 3.63) is 26.4 Å². The van der Waals surface area contributed by atoms with Crippen LogP contribution in [-0.4, -0.2) is 63.5 Å². The molecule has 2 fully saturated rings. The van der Waals surface area contributed by atoms with Gasteiger partial charge < -0.3 is 10.6 Å². The lowest BCUT2D eigenvalue weighted by molar-refractivity contribution is 0.0675. The molecule has 2 saturated heterocycles. The number of nitrogen functional groups attached to an aromatic ring is 1. The van der Waals surface area contributed by atoms with Crippen LogP contribution in [0.1, 0.15) is 49.9 Å². The first-order valence-corrected chi connectivity index (χ1v) is 10.8. The molecule has 2 unspecified atom stereocenters. The molecule has 8 nitrogen and oxygen atoms in total. The summed E-state index contributed by atoms with van der Waals surface area (Å²) < 4.78 is 2.12. The maximum absolute atomic E-state index is 13.2. The van der Waals surface area contributed by atoms with Gasteiger partial charge in [-0.25, -0.2) is 4.79 Å². The van der Waals surface area contributed by atoms with E-state index in [4.69, 9.17) is 5.73 Å². The molecule has 0 radical (unpaired) electrons. The molecule has 3 heterocycles. The zero-order valence-corrected chi connectivity index (χ0v) is 18.2. The normalized spacial score (nSPS) is 23.2. The van der Waals surface area contributed by atoms with Crippen LogP contribution in [0, 0.1) is 11.8 Å². The minimum Gasteiger partial charge on any atom is -0.384 e. The first kappa shape index (κ1) is 21.8. The van der Waals surface area contributed by atoms with Crippen LogP contribution in [0.25, 0.3) is 0 Å². The van der Waals surface area contributed by atoms with Crippen LogP contribution in [0.5, 0.6) is 0 Å². The quantitative estimate of drug-likeness (QED) is 0.724. The van der Waals surface area contributed by atoms with E-state index in [-0.39, 0.29) is 17.2 Å². The van der Waals surface area contributed by atoms with Gasteiger partial charge in [0.1, 0.15) is 11.4 Å². The zero-order chi connectivity index (χ0) is 21.3. The van der Waals surface area contributed by atoms with Crippen molar-refractivity contribution < 1.29 is 4.79 Å². The van der Waals surface area contributed by atoms with Crippen LogP contribution in [0.3, 0.4) is 0 Å². The van der Waals surface area contributed by atoms with Crippen molar-refractivity contribution in [1.82, 2.24) is 18.9 Å². The summed E-state index contributed by atoms with van der Waals surface area (Å²) in [6.45, 7) is 9.26. The number of likely N-dealkylation sites (tertiary alicyclic amines) is 2. The molecule has 2 aliphatic rings. The summed E-state index contributed by atoms with van der Waals surface area (Å²) >= 11 is 0. The Morgan fingerprint density at radius 3 is 2.41 bits per heavy atom. The van der Waals surface area contributed by atoms with Gasteiger partial charge in [0.2, 0.25) is 0 Å². The molecule has 0 amide bonds.